The quantitative estimate of drug-likeness (QED) is 0.303. The zero-order chi connectivity index (χ0) is 24.5. The highest BCUT2D eigenvalue weighted by molar-refractivity contribution is 6.52. The molecule has 1 atom stereocenters. The van der Waals surface area contributed by atoms with Crippen LogP contribution in [-0.4, -0.2) is 15.8 Å². The van der Waals surface area contributed by atoms with Gasteiger partial charge in [0.1, 0.15) is 10.2 Å². The van der Waals surface area contributed by atoms with E-state index in [1.54, 1.807) is 30.3 Å². The monoisotopic (exact) mass is 538 g/mol. The van der Waals surface area contributed by atoms with Gasteiger partial charge >= 0.3 is 0 Å². The third kappa shape index (κ3) is 6.01. The van der Waals surface area contributed by atoms with Gasteiger partial charge in [-0.25, -0.2) is 4.39 Å². The number of carbonyl (C=O) groups excluding carboxylic acids is 1. The summed E-state index contributed by atoms with van der Waals surface area (Å²) in [5, 5.41) is 7.53. The number of carbonyl (C=O) groups is 1. The molecule has 2 N–H and O–H groups in total. The van der Waals surface area contributed by atoms with E-state index in [0.717, 1.165) is 37.8 Å². The van der Waals surface area contributed by atoms with E-state index in [4.69, 9.17) is 52.8 Å². The molecule has 3 aliphatic carbocycles. The number of nitrogens with one attached hydrogen (secondary N) is 2. The Hall–Kier alpha value is -1.90. The predicted octanol–water partition coefficient (Wildman–Crippen LogP) is 7.60. The van der Waals surface area contributed by atoms with Crippen molar-refractivity contribution in [3.63, 3.8) is 0 Å². The van der Waals surface area contributed by atoms with Crippen molar-refractivity contribution in [2.75, 3.05) is 5.32 Å². The molecule has 34 heavy (non-hydrogen) atoms. The average Bonchev–Trinajstić information content (AvgIpc) is 3.65. The highest BCUT2D eigenvalue weighted by Gasteiger charge is 2.56. The standard InChI is InChI=1S/C20H19Cl2FN2O.C6H4Cl2/c1-2-19(8-9-19)25-17(12-4-3-5-12)14-10-13(6-7-16(14)23)24-18(26)15-11-20(15,21)22;7-5-2-1-3-6(8)4-5/h1,6-7,10,15,25H,3-5,8-9,11H2,(H,24,26);1-4H. The fraction of sp³-hybridized carbons (Fsp3) is 0.346. The van der Waals surface area contributed by atoms with Gasteiger partial charge in [-0.1, -0.05) is 35.2 Å². The van der Waals surface area contributed by atoms with Crippen molar-refractivity contribution in [2.24, 2.45) is 5.92 Å². The molecular weight excluding hydrogens is 517 g/mol. The molecule has 3 nitrogen and oxygen atoms in total. The molecule has 0 bridgehead atoms. The van der Waals surface area contributed by atoms with Crippen molar-refractivity contribution in [3.8, 4) is 12.3 Å². The Balaban J connectivity index is 0.000000291. The SMILES string of the molecule is C#CC1(NC(=C2CCC2)c2cc(NC(=O)C3CC3(Cl)Cl)ccc2F)CC1.Clc1cccc(Cl)c1. The number of halogens is 5. The third-order valence-corrected chi connectivity index (χ3v) is 7.44. The number of terminal acetylenes is 1. The number of anilines is 1. The maximum absolute atomic E-state index is 14.6. The number of hydrogen-bond donors (Lipinski definition) is 2. The van der Waals surface area contributed by atoms with E-state index in [2.05, 4.69) is 16.6 Å². The number of benzene rings is 2. The van der Waals surface area contributed by atoms with Gasteiger partial charge in [-0.3, -0.25) is 4.79 Å². The van der Waals surface area contributed by atoms with E-state index in [1.807, 2.05) is 6.07 Å². The fourth-order valence-electron chi connectivity index (χ4n) is 3.60. The zero-order valence-corrected chi connectivity index (χ0v) is 21.3. The molecule has 2 aromatic rings. The minimum absolute atomic E-state index is 0.249. The van der Waals surface area contributed by atoms with E-state index in [-0.39, 0.29) is 17.3 Å². The lowest BCUT2D eigenvalue weighted by atomic mass is 9.87. The number of amides is 1. The van der Waals surface area contributed by atoms with Crippen LogP contribution in [0.1, 0.15) is 44.1 Å². The van der Waals surface area contributed by atoms with Gasteiger partial charge in [0, 0.05) is 27.0 Å². The van der Waals surface area contributed by atoms with Gasteiger partial charge in [-0.15, -0.1) is 29.6 Å². The molecule has 3 saturated carbocycles. The molecular formula is C26H23Cl4FN2O. The topological polar surface area (TPSA) is 41.1 Å². The number of alkyl halides is 2. The van der Waals surface area contributed by atoms with E-state index < -0.39 is 10.3 Å². The van der Waals surface area contributed by atoms with Gasteiger partial charge in [0.2, 0.25) is 5.91 Å². The Morgan fingerprint density at radius 2 is 1.74 bits per heavy atom. The first-order chi connectivity index (χ1) is 16.1. The normalized spacial score (nSPS) is 20.6. The van der Waals surface area contributed by atoms with E-state index in [0.29, 0.717) is 27.7 Å². The second-order valence-corrected chi connectivity index (χ2v) is 11.2. The van der Waals surface area contributed by atoms with E-state index in [9.17, 15) is 9.18 Å². The Bertz CT molecular complexity index is 1160. The van der Waals surface area contributed by atoms with E-state index in [1.165, 1.54) is 11.6 Å². The van der Waals surface area contributed by atoms with Crippen LogP contribution < -0.4 is 10.6 Å². The summed E-state index contributed by atoms with van der Waals surface area (Å²) in [7, 11) is 0. The minimum atomic E-state index is -0.987. The smallest absolute Gasteiger partial charge is 0.230 e. The van der Waals surface area contributed by atoms with Crippen LogP contribution in [0.15, 0.2) is 48.0 Å². The van der Waals surface area contributed by atoms with Crippen LogP contribution in [0.25, 0.3) is 5.70 Å². The molecule has 178 valence electrons. The van der Waals surface area contributed by atoms with Crippen molar-refractivity contribution in [1.82, 2.24) is 5.32 Å². The Kier molecular flexibility index (Phi) is 7.41. The first-order valence-corrected chi connectivity index (χ1v) is 12.5. The summed E-state index contributed by atoms with van der Waals surface area (Å²) in [5.74, 6) is 1.77. The van der Waals surface area contributed by atoms with Crippen LogP contribution in [0.2, 0.25) is 10.0 Å². The molecule has 1 amide bonds. The summed E-state index contributed by atoms with van der Waals surface area (Å²) in [6.07, 6.45) is 10.8. The summed E-state index contributed by atoms with van der Waals surface area (Å²) >= 11 is 23.0. The maximum atomic E-state index is 14.6. The van der Waals surface area contributed by atoms with Gasteiger partial charge in [0.15, 0.2) is 0 Å². The largest absolute Gasteiger partial charge is 0.369 e. The van der Waals surface area contributed by atoms with Crippen molar-refractivity contribution in [2.45, 2.75) is 48.4 Å². The first kappa shape index (κ1) is 25.2. The van der Waals surface area contributed by atoms with Gasteiger partial charge in [0.05, 0.1) is 11.5 Å². The Morgan fingerprint density at radius 1 is 1.09 bits per heavy atom. The van der Waals surface area contributed by atoms with Crippen molar-refractivity contribution < 1.29 is 9.18 Å². The molecule has 2 aromatic carbocycles. The molecule has 0 heterocycles. The highest BCUT2D eigenvalue weighted by atomic mass is 35.5. The predicted molar refractivity (Wildman–Crippen MR) is 139 cm³/mol. The molecule has 0 aromatic heterocycles. The summed E-state index contributed by atoms with van der Waals surface area (Å²) < 4.78 is 13.6. The molecule has 5 rings (SSSR count). The number of allylic oxidation sites excluding steroid dienone is 1. The van der Waals surface area contributed by atoms with Crippen LogP contribution >= 0.6 is 46.4 Å². The summed E-state index contributed by atoms with van der Waals surface area (Å²) in [6, 6.07) is 11.6. The minimum Gasteiger partial charge on any atom is -0.369 e. The number of hydrogen-bond acceptors (Lipinski definition) is 2. The molecule has 3 fully saturated rings. The molecule has 3 aliphatic rings. The van der Waals surface area contributed by atoms with Gasteiger partial charge in [-0.2, -0.15) is 0 Å². The van der Waals surface area contributed by atoms with Crippen LogP contribution in [0, 0.1) is 24.1 Å². The lowest BCUT2D eigenvalue weighted by Crippen LogP contribution is -2.30. The van der Waals surface area contributed by atoms with Crippen LogP contribution in [0.4, 0.5) is 10.1 Å². The Morgan fingerprint density at radius 3 is 2.18 bits per heavy atom. The highest BCUT2D eigenvalue weighted by Crippen LogP contribution is 2.53. The molecule has 8 heteroatoms. The molecule has 0 radical (unpaired) electrons. The van der Waals surface area contributed by atoms with Crippen molar-refractivity contribution >= 4 is 63.7 Å². The molecule has 0 spiro atoms. The second-order valence-electron chi connectivity index (χ2n) is 8.83. The lowest BCUT2D eigenvalue weighted by Gasteiger charge is -2.26. The van der Waals surface area contributed by atoms with E-state index >= 15 is 0 Å². The average molecular weight is 540 g/mol. The van der Waals surface area contributed by atoms with Gasteiger partial charge < -0.3 is 10.6 Å². The van der Waals surface area contributed by atoms with Crippen LogP contribution in [0.5, 0.6) is 0 Å². The van der Waals surface area contributed by atoms with Crippen molar-refractivity contribution in [3.05, 3.63) is 69.5 Å². The lowest BCUT2D eigenvalue weighted by molar-refractivity contribution is -0.117. The van der Waals surface area contributed by atoms with Gasteiger partial charge in [0.25, 0.3) is 0 Å². The molecule has 0 saturated heterocycles. The molecule has 1 unspecified atom stereocenters. The Labute approximate surface area is 219 Å². The second kappa shape index (κ2) is 9.99. The summed E-state index contributed by atoms with van der Waals surface area (Å²) in [6.45, 7) is 0. The number of rotatable bonds is 5. The molecule has 0 aliphatic heterocycles. The fourth-order valence-corrected chi connectivity index (χ4v) is 4.54. The zero-order valence-electron chi connectivity index (χ0n) is 18.2. The third-order valence-electron chi connectivity index (χ3n) is 6.13. The maximum Gasteiger partial charge on any atom is 0.230 e. The summed E-state index contributed by atoms with van der Waals surface area (Å²) in [4.78, 5) is 12.2. The summed E-state index contributed by atoms with van der Waals surface area (Å²) in [5.41, 5.74) is 2.55. The van der Waals surface area contributed by atoms with Crippen LogP contribution in [0.3, 0.4) is 0 Å². The first-order valence-electron chi connectivity index (χ1n) is 11.0. The van der Waals surface area contributed by atoms with Crippen molar-refractivity contribution in [1.29, 1.82) is 0 Å². The van der Waals surface area contributed by atoms with Gasteiger partial charge in [-0.05, 0) is 80.5 Å². The van der Waals surface area contributed by atoms with Crippen LogP contribution in [-0.2, 0) is 4.79 Å².